The summed E-state index contributed by atoms with van der Waals surface area (Å²) in [4.78, 5) is 0. The second-order valence-electron chi connectivity index (χ2n) is 5.47. The lowest BCUT2D eigenvalue weighted by Gasteiger charge is -2.26. The second-order valence-corrected chi connectivity index (χ2v) is 5.47. The van der Waals surface area contributed by atoms with E-state index in [0.717, 1.165) is 18.7 Å². The standard InChI is InChI=1S/C15H25NO2/c1-11-8-12(2)13(14(9-11)18-5)10-16-15(3,4)6-7-17/h8-9,16-17H,6-7,10H2,1-5H3. The molecule has 0 amide bonds. The predicted molar refractivity (Wildman–Crippen MR) is 75.1 cm³/mol. The van der Waals surface area contributed by atoms with Gasteiger partial charge in [-0.05, 0) is 51.3 Å². The van der Waals surface area contributed by atoms with Gasteiger partial charge in [0.15, 0.2) is 0 Å². The van der Waals surface area contributed by atoms with E-state index in [1.807, 2.05) is 0 Å². The van der Waals surface area contributed by atoms with Gasteiger partial charge in [-0.15, -0.1) is 0 Å². The fourth-order valence-electron chi connectivity index (χ4n) is 2.06. The molecule has 3 heteroatoms. The van der Waals surface area contributed by atoms with Crippen LogP contribution in [0.15, 0.2) is 12.1 Å². The first kappa shape index (κ1) is 15.0. The maximum atomic E-state index is 9.03. The summed E-state index contributed by atoms with van der Waals surface area (Å²) in [6, 6.07) is 4.22. The lowest BCUT2D eigenvalue weighted by Crippen LogP contribution is -2.39. The van der Waals surface area contributed by atoms with E-state index in [1.54, 1.807) is 7.11 Å². The monoisotopic (exact) mass is 251 g/mol. The summed E-state index contributed by atoms with van der Waals surface area (Å²) in [5.74, 6) is 0.930. The van der Waals surface area contributed by atoms with Gasteiger partial charge >= 0.3 is 0 Å². The molecule has 1 aromatic rings. The zero-order valence-electron chi connectivity index (χ0n) is 12.1. The fraction of sp³-hybridized carbons (Fsp3) is 0.600. The molecular weight excluding hydrogens is 226 g/mol. The van der Waals surface area contributed by atoms with Crippen LogP contribution in [0.5, 0.6) is 5.75 Å². The molecule has 0 saturated carbocycles. The van der Waals surface area contributed by atoms with Gasteiger partial charge in [-0.2, -0.15) is 0 Å². The van der Waals surface area contributed by atoms with Gasteiger partial charge in [-0.3, -0.25) is 0 Å². The Morgan fingerprint density at radius 1 is 1.28 bits per heavy atom. The Kier molecular flexibility index (Phi) is 5.17. The molecule has 0 heterocycles. The van der Waals surface area contributed by atoms with Gasteiger partial charge in [0.2, 0.25) is 0 Å². The van der Waals surface area contributed by atoms with Crippen LogP contribution in [0.4, 0.5) is 0 Å². The third-order valence-electron chi connectivity index (χ3n) is 3.28. The summed E-state index contributed by atoms with van der Waals surface area (Å²) >= 11 is 0. The van der Waals surface area contributed by atoms with Gasteiger partial charge in [-0.25, -0.2) is 0 Å². The van der Waals surface area contributed by atoms with Crippen molar-refractivity contribution in [2.24, 2.45) is 0 Å². The molecule has 0 bridgehead atoms. The molecule has 18 heavy (non-hydrogen) atoms. The van der Waals surface area contributed by atoms with Crippen LogP contribution in [0.3, 0.4) is 0 Å². The molecule has 0 aliphatic heterocycles. The molecule has 0 unspecified atom stereocenters. The van der Waals surface area contributed by atoms with Crippen molar-refractivity contribution >= 4 is 0 Å². The average Bonchev–Trinajstić information content (AvgIpc) is 2.26. The zero-order chi connectivity index (χ0) is 13.8. The van der Waals surface area contributed by atoms with E-state index in [2.05, 4.69) is 45.1 Å². The van der Waals surface area contributed by atoms with E-state index < -0.39 is 0 Å². The first-order valence-electron chi connectivity index (χ1n) is 6.39. The number of aliphatic hydroxyl groups excluding tert-OH is 1. The summed E-state index contributed by atoms with van der Waals surface area (Å²) in [6.07, 6.45) is 0.736. The van der Waals surface area contributed by atoms with Crippen LogP contribution in [0, 0.1) is 13.8 Å². The topological polar surface area (TPSA) is 41.5 Å². The van der Waals surface area contributed by atoms with E-state index in [9.17, 15) is 0 Å². The molecule has 0 radical (unpaired) electrons. The summed E-state index contributed by atoms with van der Waals surface area (Å²) in [5.41, 5.74) is 3.56. The molecule has 0 spiro atoms. The predicted octanol–water partition coefficient (Wildman–Crippen LogP) is 2.56. The van der Waals surface area contributed by atoms with Crippen LogP contribution in [-0.4, -0.2) is 24.4 Å². The Morgan fingerprint density at radius 3 is 2.50 bits per heavy atom. The van der Waals surface area contributed by atoms with Crippen molar-refractivity contribution in [2.45, 2.75) is 46.2 Å². The summed E-state index contributed by atoms with van der Waals surface area (Å²) in [7, 11) is 1.70. The normalized spacial score (nSPS) is 11.7. The molecule has 0 aromatic heterocycles. The van der Waals surface area contributed by atoms with Crippen molar-refractivity contribution in [3.8, 4) is 5.75 Å². The fourth-order valence-corrected chi connectivity index (χ4v) is 2.06. The summed E-state index contributed by atoms with van der Waals surface area (Å²) < 4.78 is 5.44. The minimum atomic E-state index is -0.0723. The van der Waals surface area contributed by atoms with Crippen LogP contribution in [-0.2, 0) is 6.54 Å². The Labute approximate surface area is 110 Å². The van der Waals surface area contributed by atoms with Crippen molar-refractivity contribution in [1.29, 1.82) is 0 Å². The molecule has 0 fully saturated rings. The number of ether oxygens (including phenoxy) is 1. The Balaban J connectivity index is 2.84. The van der Waals surface area contributed by atoms with Gasteiger partial charge < -0.3 is 15.2 Å². The van der Waals surface area contributed by atoms with Gasteiger partial charge in [-0.1, -0.05) is 6.07 Å². The molecule has 0 saturated heterocycles. The van der Waals surface area contributed by atoms with Crippen molar-refractivity contribution in [3.05, 3.63) is 28.8 Å². The zero-order valence-corrected chi connectivity index (χ0v) is 12.1. The van der Waals surface area contributed by atoms with Crippen LogP contribution in [0.1, 0.15) is 37.0 Å². The molecule has 0 atom stereocenters. The Bertz CT molecular complexity index is 400. The minimum absolute atomic E-state index is 0.0723. The number of hydrogen-bond donors (Lipinski definition) is 2. The molecule has 1 aromatic carbocycles. The lowest BCUT2D eigenvalue weighted by atomic mass is 9.99. The smallest absolute Gasteiger partial charge is 0.123 e. The Morgan fingerprint density at radius 2 is 1.94 bits per heavy atom. The van der Waals surface area contributed by atoms with E-state index in [0.29, 0.717) is 0 Å². The van der Waals surface area contributed by atoms with Crippen molar-refractivity contribution in [1.82, 2.24) is 5.32 Å². The first-order valence-corrected chi connectivity index (χ1v) is 6.39. The van der Waals surface area contributed by atoms with Crippen LogP contribution in [0.25, 0.3) is 0 Å². The third kappa shape index (κ3) is 4.00. The van der Waals surface area contributed by atoms with Crippen molar-refractivity contribution in [3.63, 3.8) is 0 Å². The van der Waals surface area contributed by atoms with Gasteiger partial charge in [0.05, 0.1) is 7.11 Å². The minimum Gasteiger partial charge on any atom is -0.496 e. The van der Waals surface area contributed by atoms with Gasteiger partial charge in [0.1, 0.15) is 5.75 Å². The number of aliphatic hydroxyl groups is 1. The van der Waals surface area contributed by atoms with E-state index in [-0.39, 0.29) is 12.1 Å². The number of nitrogens with one attached hydrogen (secondary N) is 1. The second kappa shape index (κ2) is 6.21. The van der Waals surface area contributed by atoms with Gasteiger partial charge in [0.25, 0.3) is 0 Å². The average molecular weight is 251 g/mol. The maximum Gasteiger partial charge on any atom is 0.123 e. The highest BCUT2D eigenvalue weighted by Crippen LogP contribution is 2.24. The summed E-state index contributed by atoms with van der Waals surface area (Å²) in [6.45, 7) is 9.32. The number of rotatable bonds is 6. The van der Waals surface area contributed by atoms with E-state index in [1.165, 1.54) is 16.7 Å². The van der Waals surface area contributed by atoms with Crippen LogP contribution >= 0.6 is 0 Å². The quantitative estimate of drug-likeness (QED) is 0.816. The van der Waals surface area contributed by atoms with Crippen LogP contribution in [0.2, 0.25) is 0 Å². The van der Waals surface area contributed by atoms with Crippen LogP contribution < -0.4 is 10.1 Å². The highest BCUT2D eigenvalue weighted by Gasteiger charge is 2.17. The third-order valence-corrected chi connectivity index (χ3v) is 3.28. The van der Waals surface area contributed by atoms with Crippen molar-refractivity contribution < 1.29 is 9.84 Å². The molecule has 1 rings (SSSR count). The Hall–Kier alpha value is -1.06. The first-order chi connectivity index (χ1) is 8.39. The molecule has 0 aliphatic carbocycles. The highest BCUT2D eigenvalue weighted by atomic mass is 16.5. The highest BCUT2D eigenvalue weighted by molar-refractivity contribution is 5.43. The number of benzene rings is 1. The number of aryl methyl sites for hydroxylation is 2. The number of methoxy groups -OCH3 is 1. The molecule has 0 aliphatic rings. The lowest BCUT2D eigenvalue weighted by molar-refractivity contribution is 0.229. The number of hydrogen-bond acceptors (Lipinski definition) is 3. The largest absolute Gasteiger partial charge is 0.496 e. The molecule has 2 N–H and O–H groups in total. The van der Waals surface area contributed by atoms with E-state index >= 15 is 0 Å². The van der Waals surface area contributed by atoms with Gasteiger partial charge in [0, 0.05) is 24.3 Å². The molecule has 102 valence electrons. The maximum absolute atomic E-state index is 9.03. The van der Waals surface area contributed by atoms with E-state index in [4.69, 9.17) is 9.84 Å². The SMILES string of the molecule is COc1cc(C)cc(C)c1CNC(C)(C)CCO. The van der Waals surface area contributed by atoms with Crippen molar-refractivity contribution in [2.75, 3.05) is 13.7 Å². The molecule has 3 nitrogen and oxygen atoms in total. The molecular formula is C15H25NO2. The summed E-state index contributed by atoms with van der Waals surface area (Å²) in [5, 5.41) is 12.5.